The zero-order valence-electron chi connectivity index (χ0n) is 9.91. The van der Waals surface area contributed by atoms with Gasteiger partial charge in [-0.25, -0.2) is 0 Å². The number of non-ortho nitro benzene ring substituents is 1. The predicted octanol–water partition coefficient (Wildman–Crippen LogP) is 1.98. The molecule has 0 radical (unpaired) electrons. The number of amides is 1. The first-order valence-electron chi connectivity index (χ1n) is 5.32. The summed E-state index contributed by atoms with van der Waals surface area (Å²) in [6.45, 7) is 0. The molecule has 0 saturated carbocycles. The van der Waals surface area contributed by atoms with Crippen LogP contribution in [0.15, 0.2) is 34.8 Å². The van der Waals surface area contributed by atoms with Crippen molar-refractivity contribution in [1.29, 1.82) is 0 Å². The minimum absolute atomic E-state index is 0.0533. The summed E-state index contributed by atoms with van der Waals surface area (Å²) in [5, 5.41) is 20.4. The second-order valence-electron chi connectivity index (χ2n) is 3.72. The summed E-state index contributed by atoms with van der Waals surface area (Å²) < 4.78 is 0.514. The molecule has 0 unspecified atom stereocenters. The Kier molecular flexibility index (Phi) is 3.89. The fraction of sp³-hybridized carbons (Fsp3) is 0. The van der Waals surface area contributed by atoms with Gasteiger partial charge < -0.3 is 11.1 Å². The Bertz CT molecular complexity index is 674. The summed E-state index contributed by atoms with van der Waals surface area (Å²) in [6, 6.07) is 6.88. The van der Waals surface area contributed by atoms with Crippen molar-refractivity contribution in [1.82, 2.24) is 10.2 Å². The average molecular weight is 338 g/mol. The van der Waals surface area contributed by atoms with Crippen LogP contribution >= 0.6 is 15.9 Å². The maximum absolute atomic E-state index is 11.9. The summed E-state index contributed by atoms with van der Waals surface area (Å²) in [7, 11) is 0. The van der Waals surface area contributed by atoms with Crippen LogP contribution < -0.4 is 11.1 Å². The van der Waals surface area contributed by atoms with Crippen molar-refractivity contribution < 1.29 is 9.72 Å². The van der Waals surface area contributed by atoms with Gasteiger partial charge in [0.25, 0.3) is 11.6 Å². The summed E-state index contributed by atoms with van der Waals surface area (Å²) in [5.41, 5.74) is 5.56. The number of anilines is 2. The van der Waals surface area contributed by atoms with Gasteiger partial charge >= 0.3 is 0 Å². The molecule has 0 spiro atoms. The highest BCUT2D eigenvalue weighted by Crippen LogP contribution is 2.27. The molecule has 1 heterocycles. The number of nitrogen functional groups attached to an aromatic ring is 1. The lowest BCUT2D eigenvalue weighted by atomic mass is 10.2. The standard InChI is InChI=1S/C11H8BrN5O3/c12-7-2-1-6(17(19)20)5-9(7)14-11(18)8-3-4-10(13)16-15-8/h1-5H,(H2,13,16)(H,14,18). The second-order valence-corrected chi connectivity index (χ2v) is 4.57. The SMILES string of the molecule is Nc1ccc(C(=O)Nc2cc([N+](=O)[O-])ccc2Br)nn1. The zero-order valence-corrected chi connectivity index (χ0v) is 11.5. The third-order valence-electron chi connectivity index (χ3n) is 2.33. The smallest absolute Gasteiger partial charge is 0.276 e. The van der Waals surface area contributed by atoms with Crippen molar-refractivity contribution in [2.45, 2.75) is 0 Å². The van der Waals surface area contributed by atoms with Crippen LogP contribution in [-0.2, 0) is 0 Å². The van der Waals surface area contributed by atoms with Gasteiger partial charge in [0.2, 0.25) is 0 Å². The maximum atomic E-state index is 11.9. The van der Waals surface area contributed by atoms with E-state index >= 15 is 0 Å². The molecule has 0 aliphatic heterocycles. The highest BCUT2D eigenvalue weighted by atomic mass is 79.9. The molecule has 1 aromatic heterocycles. The second kappa shape index (κ2) is 5.61. The number of nitrogens with one attached hydrogen (secondary N) is 1. The minimum Gasteiger partial charge on any atom is -0.382 e. The number of rotatable bonds is 3. The van der Waals surface area contributed by atoms with Gasteiger partial charge in [0.15, 0.2) is 5.69 Å². The molecule has 1 amide bonds. The van der Waals surface area contributed by atoms with Crippen LogP contribution in [-0.4, -0.2) is 21.0 Å². The molecule has 0 fully saturated rings. The molecule has 2 rings (SSSR count). The van der Waals surface area contributed by atoms with Crippen molar-refractivity contribution in [2.75, 3.05) is 11.1 Å². The van der Waals surface area contributed by atoms with Gasteiger partial charge in [-0.3, -0.25) is 14.9 Å². The van der Waals surface area contributed by atoms with Gasteiger partial charge in [-0.05, 0) is 34.1 Å². The third-order valence-corrected chi connectivity index (χ3v) is 3.02. The predicted molar refractivity (Wildman–Crippen MR) is 75.2 cm³/mol. The van der Waals surface area contributed by atoms with E-state index in [4.69, 9.17) is 5.73 Å². The average Bonchev–Trinajstić information content (AvgIpc) is 2.41. The van der Waals surface area contributed by atoms with E-state index < -0.39 is 10.8 Å². The Hall–Kier alpha value is -2.55. The monoisotopic (exact) mass is 337 g/mol. The van der Waals surface area contributed by atoms with E-state index in [0.29, 0.717) is 4.47 Å². The number of aromatic nitrogens is 2. The third kappa shape index (κ3) is 3.06. The van der Waals surface area contributed by atoms with E-state index in [2.05, 4.69) is 31.4 Å². The van der Waals surface area contributed by atoms with Crippen LogP contribution in [0.3, 0.4) is 0 Å². The molecule has 1 aromatic carbocycles. The van der Waals surface area contributed by atoms with Crippen molar-refractivity contribution in [3.63, 3.8) is 0 Å². The van der Waals surface area contributed by atoms with Gasteiger partial charge in [0.05, 0.1) is 10.6 Å². The molecule has 2 aromatic rings. The number of nitro groups is 1. The van der Waals surface area contributed by atoms with Gasteiger partial charge in [0.1, 0.15) is 5.82 Å². The first-order valence-corrected chi connectivity index (χ1v) is 6.11. The minimum atomic E-state index is -0.550. The van der Waals surface area contributed by atoms with Crippen LogP contribution in [0.1, 0.15) is 10.5 Å². The van der Waals surface area contributed by atoms with Crippen LogP contribution in [0.2, 0.25) is 0 Å². The Morgan fingerprint density at radius 1 is 1.30 bits per heavy atom. The Morgan fingerprint density at radius 3 is 2.65 bits per heavy atom. The van der Waals surface area contributed by atoms with E-state index in [1.165, 1.54) is 30.3 Å². The lowest BCUT2D eigenvalue weighted by Crippen LogP contribution is -2.15. The van der Waals surface area contributed by atoms with Gasteiger partial charge in [0, 0.05) is 16.6 Å². The summed E-state index contributed by atoms with van der Waals surface area (Å²) in [5.74, 6) is -0.350. The first-order chi connectivity index (χ1) is 9.47. The quantitative estimate of drug-likeness (QED) is 0.651. The topological polar surface area (TPSA) is 124 Å². The Morgan fingerprint density at radius 2 is 2.05 bits per heavy atom. The Labute approximate surface area is 121 Å². The maximum Gasteiger partial charge on any atom is 0.276 e. The van der Waals surface area contributed by atoms with E-state index in [1.807, 2.05) is 0 Å². The van der Waals surface area contributed by atoms with Gasteiger partial charge in [-0.15, -0.1) is 10.2 Å². The lowest BCUT2D eigenvalue weighted by molar-refractivity contribution is -0.384. The van der Waals surface area contributed by atoms with Crippen molar-refractivity contribution >= 4 is 39.0 Å². The number of hydrogen-bond acceptors (Lipinski definition) is 6. The highest BCUT2D eigenvalue weighted by molar-refractivity contribution is 9.10. The van der Waals surface area contributed by atoms with Crippen LogP contribution in [0.25, 0.3) is 0 Å². The van der Waals surface area contributed by atoms with Crippen LogP contribution in [0.4, 0.5) is 17.2 Å². The molecule has 8 nitrogen and oxygen atoms in total. The van der Waals surface area contributed by atoms with Crippen LogP contribution in [0.5, 0.6) is 0 Å². The number of hydrogen-bond donors (Lipinski definition) is 2. The largest absolute Gasteiger partial charge is 0.382 e. The number of carbonyl (C=O) groups is 1. The number of nitrogens with zero attached hydrogens (tertiary/aromatic N) is 3. The molecule has 0 aliphatic rings. The van der Waals surface area contributed by atoms with Gasteiger partial charge in [-0.1, -0.05) is 0 Å². The normalized spacial score (nSPS) is 10.1. The highest BCUT2D eigenvalue weighted by Gasteiger charge is 2.14. The Balaban J connectivity index is 2.25. The van der Waals surface area contributed by atoms with E-state index in [-0.39, 0.29) is 22.9 Å². The molecule has 0 bridgehead atoms. The lowest BCUT2D eigenvalue weighted by Gasteiger charge is -2.06. The number of benzene rings is 1. The zero-order chi connectivity index (χ0) is 14.7. The molecule has 102 valence electrons. The van der Waals surface area contributed by atoms with E-state index in [9.17, 15) is 14.9 Å². The molecular formula is C11H8BrN5O3. The number of carbonyl (C=O) groups excluding carboxylic acids is 1. The molecule has 0 saturated heterocycles. The molecule has 0 aliphatic carbocycles. The number of nitro benzene ring substituents is 1. The summed E-state index contributed by atoms with van der Waals surface area (Å²) in [6.07, 6.45) is 0. The van der Waals surface area contributed by atoms with Crippen molar-refractivity contribution in [3.05, 3.63) is 50.6 Å². The van der Waals surface area contributed by atoms with Crippen LogP contribution in [0, 0.1) is 10.1 Å². The summed E-state index contributed by atoms with van der Waals surface area (Å²) in [4.78, 5) is 22.1. The van der Waals surface area contributed by atoms with E-state index in [1.54, 1.807) is 0 Å². The number of nitrogens with two attached hydrogens (primary N) is 1. The fourth-order valence-corrected chi connectivity index (χ4v) is 1.72. The number of halogens is 1. The van der Waals surface area contributed by atoms with Crippen molar-refractivity contribution in [3.8, 4) is 0 Å². The molecule has 20 heavy (non-hydrogen) atoms. The molecule has 0 atom stereocenters. The summed E-state index contributed by atoms with van der Waals surface area (Å²) >= 11 is 3.20. The first kappa shape index (κ1) is 13.9. The van der Waals surface area contributed by atoms with Gasteiger partial charge in [-0.2, -0.15) is 0 Å². The van der Waals surface area contributed by atoms with Crippen molar-refractivity contribution in [2.24, 2.45) is 0 Å². The van der Waals surface area contributed by atoms with E-state index in [0.717, 1.165) is 0 Å². The molecular weight excluding hydrogens is 330 g/mol. The molecule has 9 heteroatoms. The molecule has 3 N–H and O–H groups in total. The fourth-order valence-electron chi connectivity index (χ4n) is 1.37.